The number of hydrogen-bond acceptors (Lipinski definition) is 5. The van der Waals surface area contributed by atoms with E-state index in [4.69, 9.17) is 4.42 Å². The van der Waals surface area contributed by atoms with Crippen molar-refractivity contribution in [1.82, 2.24) is 0 Å². The van der Waals surface area contributed by atoms with Crippen LogP contribution in [0.4, 0.5) is 5.00 Å². The number of benzene rings is 1. The predicted molar refractivity (Wildman–Crippen MR) is 84.6 cm³/mol. The van der Waals surface area contributed by atoms with Gasteiger partial charge in [-0.15, -0.1) is 11.3 Å². The minimum absolute atomic E-state index is 0.241. The standard InChI is InChI=1S/C16H13NO4S/c1-9-10-5-3-4-6-12(10)21-13(9)14(18)17-15-11(7-8-22-15)16(19)20-2/h3-8H,1-2H3,(H,17,18). The van der Waals surface area contributed by atoms with Crippen molar-refractivity contribution in [3.05, 3.63) is 52.6 Å². The number of methoxy groups -OCH3 is 1. The maximum atomic E-state index is 12.4. The summed E-state index contributed by atoms with van der Waals surface area (Å²) in [4.78, 5) is 24.0. The molecule has 3 rings (SSSR count). The quantitative estimate of drug-likeness (QED) is 0.746. The molecule has 0 aliphatic carbocycles. The first-order valence-electron chi connectivity index (χ1n) is 6.57. The summed E-state index contributed by atoms with van der Waals surface area (Å²) in [6.07, 6.45) is 0. The summed E-state index contributed by atoms with van der Waals surface area (Å²) >= 11 is 1.25. The Morgan fingerprint density at radius 3 is 2.73 bits per heavy atom. The molecule has 0 radical (unpaired) electrons. The number of amides is 1. The maximum absolute atomic E-state index is 12.4. The van der Waals surface area contributed by atoms with Gasteiger partial charge >= 0.3 is 5.97 Å². The van der Waals surface area contributed by atoms with Crippen molar-refractivity contribution in [1.29, 1.82) is 0 Å². The lowest BCUT2D eigenvalue weighted by Crippen LogP contribution is -2.14. The van der Waals surface area contributed by atoms with Gasteiger partial charge < -0.3 is 14.5 Å². The second-order valence-electron chi connectivity index (χ2n) is 4.66. The summed E-state index contributed by atoms with van der Waals surface area (Å²) in [6, 6.07) is 9.06. The number of esters is 1. The van der Waals surface area contributed by atoms with E-state index in [1.54, 1.807) is 11.4 Å². The van der Waals surface area contributed by atoms with Crippen LogP contribution in [0.15, 0.2) is 40.1 Å². The molecule has 2 heterocycles. The van der Waals surface area contributed by atoms with E-state index in [9.17, 15) is 9.59 Å². The van der Waals surface area contributed by atoms with Crippen molar-refractivity contribution in [3.63, 3.8) is 0 Å². The van der Waals surface area contributed by atoms with Crippen LogP contribution in [-0.2, 0) is 4.74 Å². The van der Waals surface area contributed by atoms with Gasteiger partial charge in [0, 0.05) is 10.9 Å². The largest absolute Gasteiger partial charge is 0.465 e. The van der Waals surface area contributed by atoms with Crippen molar-refractivity contribution in [3.8, 4) is 0 Å². The molecule has 0 atom stereocenters. The number of thiophene rings is 1. The molecule has 0 aliphatic rings. The van der Waals surface area contributed by atoms with Gasteiger partial charge in [0.1, 0.15) is 10.6 Å². The molecule has 0 fully saturated rings. The number of para-hydroxylation sites is 1. The molecule has 1 N–H and O–H groups in total. The van der Waals surface area contributed by atoms with Crippen molar-refractivity contribution in [2.45, 2.75) is 6.92 Å². The third-order valence-electron chi connectivity index (χ3n) is 3.35. The van der Waals surface area contributed by atoms with Crippen LogP contribution in [0.3, 0.4) is 0 Å². The Morgan fingerprint density at radius 2 is 2.00 bits per heavy atom. The molecular weight excluding hydrogens is 302 g/mol. The average Bonchev–Trinajstić information content (AvgIpc) is 3.12. The number of ether oxygens (including phenoxy) is 1. The summed E-state index contributed by atoms with van der Waals surface area (Å²) in [5.74, 6) is -0.635. The van der Waals surface area contributed by atoms with Gasteiger partial charge in [-0.3, -0.25) is 4.79 Å². The maximum Gasteiger partial charge on any atom is 0.340 e. The number of nitrogens with one attached hydrogen (secondary N) is 1. The number of carbonyl (C=O) groups is 2. The number of rotatable bonds is 3. The van der Waals surface area contributed by atoms with Gasteiger partial charge in [0.2, 0.25) is 0 Å². The molecule has 0 saturated heterocycles. The Hall–Kier alpha value is -2.60. The normalized spacial score (nSPS) is 10.6. The van der Waals surface area contributed by atoms with E-state index in [2.05, 4.69) is 10.1 Å². The molecule has 3 aromatic rings. The third-order valence-corrected chi connectivity index (χ3v) is 4.18. The minimum Gasteiger partial charge on any atom is -0.465 e. The molecule has 2 aromatic heterocycles. The Balaban J connectivity index is 1.93. The highest BCUT2D eigenvalue weighted by Gasteiger charge is 2.21. The molecule has 112 valence electrons. The molecule has 0 spiro atoms. The fraction of sp³-hybridized carbons (Fsp3) is 0.125. The van der Waals surface area contributed by atoms with Crippen LogP contribution < -0.4 is 5.32 Å². The van der Waals surface area contributed by atoms with Crippen LogP contribution in [0, 0.1) is 6.92 Å². The summed E-state index contributed by atoms with van der Waals surface area (Å²) in [5, 5.41) is 5.76. The third kappa shape index (κ3) is 2.37. The number of aryl methyl sites for hydroxylation is 1. The Bertz CT molecular complexity index is 862. The van der Waals surface area contributed by atoms with Crippen molar-refractivity contribution >= 4 is 39.2 Å². The van der Waals surface area contributed by atoms with Gasteiger partial charge in [0.15, 0.2) is 5.76 Å². The highest BCUT2D eigenvalue weighted by atomic mass is 32.1. The van der Waals surface area contributed by atoms with E-state index in [1.165, 1.54) is 18.4 Å². The zero-order chi connectivity index (χ0) is 15.7. The van der Waals surface area contributed by atoms with E-state index in [0.29, 0.717) is 16.1 Å². The topological polar surface area (TPSA) is 68.5 Å². The number of hydrogen-bond donors (Lipinski definition) is 1. The van der Waals surface area contributed by atoms with Crippen LogP contribution in [0.1, 0.15) is 26.5 Å². The van der Waals surface area contributed by atoms with E-state index >= 15 is 0 Å². The molecule has 5 nitrogen and oxygen atoms in total. The summed E-state index contributed by atoms with van der Waals surface area (Å²) in [6.45, 7) is 1.83. The first-order valence-corrected chi connectivity index (χ1v) is 7.45. The van der Waals surface area contributed by atoms with Gasteiger partial charge in [-0.25, -0.2) is 4.79 Å². The predicted octanol–water partition coefficient (Wildman–Crippen LogP) is 3.84. The highest BCUT2D eigenvalue weighted by Crippen LogP contribution is 2.28. The lowest BCUT2D eigenvalue weighted by Gasteiger charge is -2.04. The van der Waals surface area contributed by atoms with Crippen molar-refractivity contribution < 1.29 is 18.7 Å². The lowest BCUT2D eigenvalue weighted by atomic mass is 10.1. The number of anilines is 1. The molecule has 22 heavy (non-hydrogen) atoms. The van der Waals surface area contributed by atoms with Gasteiger partial charge in [-0.2, -0.15) is 0 Å². The van der Waals surface area contributed by atoms with Crippen LogP contribution >= 0.6 is 11.3 Å². The molecule has 6 heteroatoms. The molecule has 0 bridgehead atoms. The molecule has 0 aliphatic heterocycles. The molecule has 0 unspecified atom stereocenters. The first-order chi connectivity index (χ1) is 10.6. The second-order valence-corrected chi connectivity index (χ2v) is 5.58. The van der Waals surface area contributed by atoms with E-state index in [1.807, 2.05) is 31.2 Å². The van der Waals surface area contributed by atoms with Gasteiger partial charge in [-0.05, 0) is 24.4 Å². The monoisotopic (exact) mass is 315 g/mol. The van der Waals surface area contributed by atoms with Crippen LogP contribution in [0.25, 0.3) is 11.0 Å². The van der Waals surface area contributed by atoms with Crippen LogP contribution in [0.2, 0.25) is 0 Å². The molecule has 1 amide bonds. The zero-order valence-corrected chi connectivity index (χ0v) is 12.8. The van der Waals surface area contributed by atoms with Crippen LogP contribution in [-0.4, -0.2) is 19.0 Å². The lowest BCUT2D eigenvalue weighted by molar-refractivity contribution is 0.0602. The zero-order valence-electron chi connectivity index (χ0n) is 12.0. The number of carbonyl (C=O) groups excluding carboxylic acids is 2. The van der Waals surface area contributed by atoms with Crippen LogP contribution in [0.5, 0.6) is 0 Å². The summed E-state index contributed by atoms with van der Waals surface area (Å²) < 4.78 is 10.3. The second kappa shape index (κ2) is 5.65. The fourth-order valence-electron chi connectivity index (χ4n) is 2.23. The van der Waals surface area contributed by atoms with Gasteiger partial charge in [0.05, 0.1) is 12.7 Å². The Labute approximate surface area is 130 Å². The van der Waals surface area contributed by atoms with E-state index in [0.717, 1.165) is 10.9 Å². The number of furan rings is 1. The van der Waals surface area contributed by atoms with E-state index < -0.39 is 5.97 Å². The minimum atomic E-state index is -0.488. The summed E-state index contributed by atoms with van der Waals surface area (Å²) in [5.41, 5.74) is 1.75. The SMILES string of the molecule is COC(=O)c1ccsc1NC(=O)c1oc2ccccc2c1C. The smallest absolute Gasteiger partial charge is 0.340 e. The van der Waals surface area contributed by atoms with Gasteiger partial charge in [-0.1, -0.05) is 18.2 Å². The highest BCUT2D eigenvalue weighted by molar-refractivity contribution is 7.14. The first kappa shape index (κ1) is 14.3. The van der Waals surface area contributed by atoms with E-state index in [-0.39, 0.29) is 11.7 Å². The van der Waals surface area contributed by atoms with Crippen molar-refractivity contribution in [2.75, 3.05) is 12.4 Å². The Kier molecular flexibility index (Phi) is 3.68. The van der Waals surface area contributed by atoms with Gasteiger partial charge in [0.25, 0.3) is 5.91 Å². The molecule has 1 aromatic carbocycles. The summed E-state index contributed by atoms with van der Waals surface area (Å²) in [7, 11) is 1.30. The van der Waals surface area contributed by atoms with Crippen molar-refractivity contribution in [2.24, 2.45) is 0 Å². The fourth-order valence-corrected chi connectivity index (χ4v) is 3.00. The number of fused-ring (bicyclic) bond motifs is 1. The molecule has 0 saturated carbocycles. The average molecular weight is 315 g/mol. The Morgan fingerprint density at radius 1 is 1.23 bits per heavy atom. The molecular formula is C16H13NO4S.